The number of para-hydroxylation sites is 1. The number of aromatic nitrogens is 1. The molecular formula is C32H40N6. The highest BCUT2D eigenvalue weighted by molar-refractivity contribution is 5.94. The van der Waals surface area contributed by atoms with Gasteiger partial charge in [0.25, 0.3) is 0 Å². The molecule has 2 saturated carbocycles. The lowest BCUT2D eigenvalue weighted by Gasteiger charge is -2.39. The Kier molecular flexibility index (Phi) is 5.96. The zero-order valence-electron chi connectivity index (χ0n) is 22.6. The van der Waals surface area contributed by atoms with Gasteiger partial charge in [-0.05, 0) is 68.7 Å². The summed E-state index contributed by atoms with van der Waals surface area (Å²) < 4.78 is 2.47. The van der Waals surface area contributed by atoms with Crippen LogP contribution in [0.2, 0.25) is 0 Å². The highest BCUT2D eigenvalue weighted by Crippen LogP contribution is 2.46. The van der Waals surface area contributed by atoms with Gasteiger partial charge in [-0.1, -0.05) is 24.8 Å². The van der Waals surface area contributed by atoms with Gasteiger partial charge >= 0.3 is 0 Å². The van der Waals surface area contributed by atoms with Gasteiger partial charge in [-0.15, -0.1) is 0 Å². The van der Waals surface area contributed by atoms with Crippen LogP contribution in [0.4, 0.5) is 17.1 Å². The first kappa shape index (κ1) is 23.8. The maximum Gasteiger partial charge on any atom is 0.0892 e. The molecule has 0 bridgehead atoms. The lowest BCUT2D eigenvalue weighted by Crippen LogP contribution is -2.42. The van der Waals surface area contributed by atoms with Crippen molar-refractivity contribution in [2.75, 3.05) is 43.0 Å². The third-order valence-corrected chi connectivity index (χ3v) is 8.91. The van der Waals surface area contributed by atoms with Crippen LogP contribution in [-0.2, 0) is 6.54 Å². The molecular weight excluding hydrogens is 468 g/mol. The Morgan fingerprint density at radius 1 is 1.05 bits per heavy atom. The topological polar surface area (TPSA) is 53.0 Å². The number of benzene rings is 2. The largest absolute Gasteiger partial charge is 0.370 e. The van der Waals surface area contributed by atoms with Crippen molar-refractivity contribution in [3.05, 3.63) is 60.3 Å². The number of nitrogens with two attached hydrogens (primary N) is 1. The maximum absolute atomic E-state index is 6.34. The van der Waals surface area contributed by atoms with Crippen LogP contribution < -0.4 is 15.5 Å². The van der Waals surface area contributed by atoms with Gasteiger partial charge in [-0.2, -0.15) is 0 Å². The van der Waals surface area contributed by atoms with Crippen molar-refractivity contribution < 1.29 is 0 Å². The smallest absolute Gasteiger partial charge is 0.0892 e. The molecule has 38 heavy (non-hydrogen) atoms. The lowest BCUT2D eigenvalue weighted by molar-refractivity contribution is 0.296. The van der Waals surface area contributed by atoms with E-state index >= 15 is 0 Å². The molecule has 198 valence electrons. The molecule has 3 aromatic rings. The van der Waals surface area contributed by atoms with Crippen LogP contribution in [0.25, 0.3) is 16.6 Å². The molecule has 6 nitrogen and oxygen atoms in total. The van der Waals surface area contributed by atoms with Gasteiger partial charge in [-0.3, -0.25) is 4.99 Å². The Hall–Kier alpha value is -3.25. The van der Waals surface area contributed by atoms with E-state index in [1.54, 1.807) is 0 Å². The van der Waals surface area contributed by atoms with Gasteiger partial charge in [0.2, 0.25) is 0 Å². The van der Waals surface area contributed by atoms with Crippen LogP contribution in [0.1, 0.15) is 49.8 Å². The highest BCUT2D eigenvalue weighted by atomic mass is 15.3. The third-order valence-electron chi connectivity index (χ3n) is 8.91. The number of anilines is 2. The molecule has 1 aromatic heterocycles. The minimum atomic E-state index is 0.220. The highest BCUT2D eigenvalue weighted by Gasteiger charge is 2.35. The van der Waals surface area contributed by atoms with Gasteiger partial charge in [0.05, 0.1) is 29.0 Å². The number of likely N-dealkylation sites (tertiary alicyclic amines) is 1. The maximum atomic E-state index is 6.34. The second kappa shape index (κ2) is 9.49. The molecule has 3 heterocycles. The third kappa shape index (κ3) is 4.49. The van der Waals surface area contributed by atoms with E-state index < -0.39 is 0 Å². The monoisotopic (exact) mass is 508 g/mol. The fourth-order valence-electron chi connectivity index (χ4n) is 6.41. The number of nitrogens with zero attached hydrogens (tertiary/aromatic N) is 5. The number of piperidine rings is 1. The summed E-state index contributed by atoms with van der Waals surface area (Å²) in [6.07, 6.45) is 9.57. The van der Waals surface area contributed by atoms with E-state index in [0.717, 1.165) is 62.9 Å². The first-order chi connectivity index (χ1) is 18.5. The number of hydrogen-bond acceptors (Lipinski definition) is 5. The fourth-order valence-corrected chi connectivity index (χ4v) is 6.41. The molecule has 0 spiro atoms. The summed E-state index contributed by atoms with van der Waals surface area (Å²) in [5.74, 6) is 0.798. The first-order valence-electron chi connectivity index (χ1n) is 14.5. The van der Waals surface area contributed by atoms with Crippen LogP contribution in [0, 0.1) is 5.92 Å². The summed E-state index contributed by atoms with van der Waals surface area (Å²) in [5.41, 5.74) is 14.7. The van der Waals surface area contributed by atoms with Gasteiger partial charge in [0.15, 0.2) is 0 Å². The SMILES string of the molecule is C=C(c1cc(/N=C/c2cc3ccccc3n2CC2CC2)c2c(c1)N(C1CC1)CCN2C)N1CCCC(N)C1. The number of likely N-dealkylation sites (N-methyl/N-ethyl adjacent to an activating group) is 1. The Morgan fingerprint density at radius 2 is 1.89 bits per heavy atom. The molecule has 1 saturated heterocycles. The van der Waals surface area contributed by atoms with Crippen molar-refractivity contribution in [2.45, 2.75) is 57.2 Å². The van der Waals surface area contributed by atoms with Crippen molar-refractivity contribution in [3.8, 4) is 0 Å². The van der Waals surface area contributed by atoms with E-state index in [2.05, 4.69) is 81.6 Å². The zero-order chi connectivity index (χ0) is 25.8. The van der Waals surface area contributed by atoms with Crippen LogP contribution in [0.5, 0.6) is 0 Å². The number of rotatable bonds is 7. The molecule has 2 N–H and O–H groups in total. The van der Waals surface area contributed by atoms with Gasteiger partial charge in [0, 0.05) is 74.0 Å². The van der Waals surface area contributed by atoms with E-state index in [1.165, 1.54) is 59.2 Å². The molecule has 0 radical (unpaired) electrons. The van der Waals surface area contributed by atoms with E-state index in [-0.39, 0.29) is 6.04 Å². The van der Waals surface area contributed by atoms with Crippen molar-refractivity contribution >= 4 is 39.9 Å². The van der Waals surface area contributed by atoms with Crippen LogP contribution >= 0.6 is 0 Å². The standard InChI is InChI=1S/C32H40N6/c1-22(36-13-5-7-26(33)21-36)25-17-29(32-31(18-25)37(27-11-12-27)15-14-35(32)2)34-19-28-16-24-6-3-4-8-30(24)38(28)20-23-9-10-23/h3-4,6,8,16-19,23,26-27H,1,5,7,9-15,20-21,33H2,2H3/b34-19+. The second-order valence-corrected chi connectivity index (χ2v) is 11.9. The number of aliphatic imine (C=N–C) groups is 1. The average Bonchev–Trinajstić information content (AvgIpc) is 3.86. The summed E-state index contributed by atoms with van der Waals surface area (Å²) >= 11 is 0. The molecule has 0 amide bonds. The van der Waals surface area contributed by atoms with E-state index in [1.807, 2.05) is 0 Å². The van der Waals surface area contributed by atoms with Crippen LogP contribution in [-0.4, -0.2) is 61.0 Å². The molecule has 6 heteroatoms. The number of hydrogen-bond donors (Lipinski definition) is 1. The van der Waals surface area contributed by atoms with Crippen molar-refractivity contribution in [1.29, 1.82) is 0 Å². The Balaban J connectivity index is 1.31. The lowest BCUT2D eigenvalue weighted by atomic mass is 10.0. The predicted molar refractivity (Wildman–Crippen MR) is 160 cm³/mol. The van der Waals surface area contributed by atoms with Crippen LogP contribution in [0.3, 0.4) is 0 Å². The van der Waals surface area contributed by atoms with Crippen molar-refractivity contribution in [2.24, 2.45) is 16.6 Å². The molecule has 1 unspecified atom stereocenters. The molecule has 2 aliphatic carbocycles. The van der Waals surface area contributed by atoms with Gasteiger partial charge in [-0.25, -0.2) is 0 Å². The minimum absolute atomic E-state index is 0.220. The molecule has 2 aromatic carbocycles. The van der Waals surface area contributed by atoms with Crippen LogP contribution in [0.15, 0.2) is 54.0 Å². The van der Waals surface area contributed by atoms with E-state index in [0.29, 0.717) is 6.04 Å². The van der Waals surface area contributed by atoms with Gasteiger partial charge in [0.1, 0.15) is 0 Å². The number of fused-ring (bicyclic) bond motifs is 2. The predicted octanol–water partition coefficient (Wildman–Crippen LogP) is 5.61. The van der Waals surface area contributed by atoms with E-state index in [9.17, 15) is 0 Å². The Labute approximate surface area is 226 Å². The van der Waals surface area contributed by atoms with E-state index in [4.69, 9.17) is 10.7 Å². The first-order valence-corrected chi connectivity index (χ1v) is 14.5. The molecule has 3 fully saturated rings. The average molecular weight is 509 g/mol. The summed E-state index contributed by atoms with van der Waals surface area (Å²) in [7, 11) is 2.21. The zero-order valence-corrected chi connectivity index (χ0v) is 22.6. The summed E-state index contributed by atoms with van der Waals surface area (Å²) in [6, 6.07) is 16.5. The molecule has 7 rings (SSSR count). The molecule has 2 aliphatic heterocycles. The fraction of sp³-hybridized carbons (Fsp3) is 0.469. The molecule has 1 atom stereocenters. The van der Waals surface area contributed by atoms with Crippen molar-refractivity contribution in [1.82, 2.24) is 9.47 Å². The quantitative estimate of drug-likeness (QED) is 0.421. The Morgan fingerprint density at radius 3 is 2.68 bits per heavy atom. The minimum Gasteiger partial charge on any atom is -0.370 e. The molecule has 4 aliphatic rings. The van der Waals surface area contributed by atoms with Gasteiger partial charge < -0.3 is 25.0 Å². The summed E-state index contributed by atoms with van der Waals surface area (Å²) in [6.45, 7) is 9.63. The summed E-state index contributed by atoms with van der Waals surface area (Å²) in [4.78, 5) is 12.6. The Bertz CT molecular complexity index is 1390. The second-order valence-electron chi connectivity index (χ2n) is 11.9. The normalized spacial score (nSPS) is 21.9. The van der Waals surface area contributed by atoms with Crippen molar-refractivity contribution in [3.63, 3.8) is 0 Å². The summed E-state index contributed by atoms with van der Waals surface area (Å²) in [5, 5.41) is 1.29.